The second kappa shape index (κ2) is 5.11. The van der Waals surface area contributed by atoms with Gasteiger partial charge >= 0.3 is 0 Å². The molecule has 0 radical (unpaired) electrons. The first-order valence-corrected chi connectivity index (χ1v) is 8.85. The summed E-state index contributed by atoms with van der Waals surface area (Å²) >= 11 is 10.5. The Balaban J connectivity index is 2.13. The van der Waals surface area contributed by atoms with Gasteiger partial charge in [0.15, 0.2) is 5.82 Å². The first-order valence-electron chi connectivity index (χ1n) is 5.29. The Labute approximate surface area is 130 Å². The minimum absolute atomic E-state index is 0.803. The summed E-state index contributed by atoms with van der Waals surface area (Å²) in [6, 6.07) is 2.05. The lowest BCUT2D eigenvalue weighted by Gasteiger charge is -2.07. The van der Waals surface area contributed by atoms with E-state index < -0.39 is 0 Å². The summed E-state index contributed by atoms with van der Waals surface area (Å²) in [6.45, 7) is 0. The number of hydrogen-bond donors (Lipinski definition) is 1. The lowest BCUT2D eigenvalue weighted by atomic mass is 10.2. The number of nitrogens with one attached hydrogen (secondary N) is 1. The highest BCUT2D eigenvalue weighted by atomic mass is 79.9. The molecule has 2 aromatic heterocycles. The smallest absolute Gasteiger partial charge is 0.171 e. The number of fused-ring (bicyclic) bond motifs is 1. The summed E-state index contributed by atoms with van der Waals surface area (Å²) in [4.78, 5) is 10.4. The Morgan fingerprint density at radius 1 is 1.28 bits per heavy atom. The molecule has 0 aliphatic carbocycles. The van der Waals surface area contributed by atoms with Gasteiger partial charge in [-0.25, -0.2) is 9.97 Å². The van der Waals surface area contributed by atoms with E-state index in [-0.39, 0.29) is 0 Å². The molecule has 18 heavy (non-hydrogen) atoms. The van der Waals surface area contributed by atoms with Crippen LogP contribution in [0.15, 0.2) is 14.3 Å². The summed E-state index contributed by atoms with van der Waals surface area (Å²) in [5.41, 5.74) is 2.41. The highest BCUT2D eigenvalue weighted by Crippen LogP contribution is 2.39. The van der Waals surface area contributed by atoms with Gasteiger partial charge in [0.25, 0.3) is 0 Å². The van der Waals surface area contributed by atoms with Gasteiger partial charge in [0.1, 0.15) is 5.82 Å². The fourth-order valence-corrected chi connectivity index (χ4v) is 4.84. The van der Waals surface area contributed by atoms with E-state index in [1.165, 1.54) is 5.56 Å². The van der Waals surface area contributed by atoms with Crippen molar-refractivity contribution in [1.82, 2.24) is 9.97 Å². The standard InChI is InChI=1S/C11H9Br2N3S2/c1-14-10-5-3-17-4-7(5)15-11(16-10)8-2-6(12)9(13)18-8/h2H,3-4H2,1H3,(H,14,15,16). The first-order chi connectivity index (χ1) is 8.69. The Morgan fingerprint density at radius 2 is 2.11 bits per heavy atom. The van der Waals surface area contributed by atoms with Crippen molar-refractivity contribution >= 4 is 60.8 Å². The predicted octanol–water partition coefficient (Wildman–Crippen LogP) is 4.52. The van der Waals surface area contributed by atoms with Crippen LogP contribution in [0.25, 0.3) is 10.7 Å². The SMILES string of the molecule is CNc1nc(-c2cc(Br)c(Br)s2)nc2c1CSC2. The fraction of sp³-hybridized carbons (Fsp3) is 0.273. The molecule has 0 fully saturated rings. The van der Waals surface area contributed by atoms with Crippen molar-refractivity contribution in [2.45, 2.75) is 11.5 Å². The molecule has 0 amide bonds. The third-order valence-electron chi connectivity index (χ3n) is 2.68. The average Bonchev–Trinajstić information content (AvgIpc) is 2.95. The molecule has 0 unspecified atom stereocenters. The fourth-order valence-electron chi connectivity index (χ4n) is 1.82. The van der Waals surface area contributed by atoms with Crippen molar-refractivity contribution in [2.24, 2.45) is 0 Å². The van der Waals surface area contributed by atoms with Crippen molar-refractivity contribution in [1.29, 1.82) is 0 Å². The maximum absolute atomic E-state index is 4.68. The molecule has 7 heteroatoms. The highest BCUT2D eigenvalue weighted by molar-refractivity contribution is 9.13. The number of thioether (sulfide) groups is 1. The van der Waals surface area contributed by atoms with Gasteiger partial charge in [0, 0.05) is 28.6 Å². The molecule has 3 rings (SSSR count). The third-order valence-corrected chi connectivity index (χ3v) is 6.90. The van der Waals surface area contributed by atoms with Crippen molar-refractivity contribution in [2.75, 3.05) is 12.4 Å². The molecule has 1 aliphatic heterocycles. The van der Waals surface area contributed by atoms with E-state index in [4.69, 9.17) is 0 Å². The Kier molecular flexibility index (Phi) is 3.66. The summed E-state index contributed by atoms with van der Waals surface area (Å²) in [6.07, 6.45) is 0. The number of hydrogen-bond acceptors (Lipinski definition) is 5. The van der Waals surface area contributed by atoms with E-state index in [0.717, 1.165) is 42.0 Å². The van der Waals surface area contributed by atoms with Crippen LogP contribution in [0.5, 0.6) is 0 Å². The maximum Gasteiger partial charge on any atom is 0.171 e. The molecule has 3 heterocycles. The molecular formula is C11H9Br2N3S2. The lowest BCUT2D eigenvalue weighted by Crippen LogP contribution is -2.02. The van der Waals surface area contributed by atoms with E-state index >= 15 is 0 Å². The van der Waals surface area contributed by atoms with E-state index in [2.05, 4.69) is 53.2 Å². The van der Waals surface area contributed by atoms with Gasteiger partial charge in [-0.3, -0.25) is 0 Å². The number of anilines is 1. The average molecular weight is 407 g/mol. The van der Waals surface area contributed by atoms with Crippen LogP contribution in [0.2, 0.25) is 0 Å². The van der Waals surface area contributed by atoms with Crippen molar-refractivity contribution in [3.8, 4) is 10.7 Å². The quantitative estimate of drug-likeness (QED) is 0.795. The van der Waals surface area contributed by atoms with Crippen LogP contribution < -0.4 is 5.32 Å². The first kappa shape index (κ1) is 12.9. The van der Waals surface area contributed by atoms with Crippen LogP contribution in [-0.4, -0.2) is 17.0 Å². The lowest BCUT2D eigenvalue weighted by molar-refractivity contribution is 1.08. The van der Waals surface area contributed by atoms with Gasteiger partial charge in [-0.05, 0) is 37.9 Å². The zero-order valence-electron chi connectivity index (χ0n) is 9.46. The second-order valence-corrected chi connectivity index (χ2v) is 8.01. The van der Waals surface area contributed by atoms with Gasteiger partial charge in [-0.15, -0.1) is 11.3 Å². The number of aromatic nitrogens is 2. The molecule has 0 bridgehead atoms. The van der Waals surface area contributed by atoms with Gasteiger partial charge in [-0.1, -0.05) is 0 Å². The van der Waals surface area contributed by atoms with Gasteiger partial charge in [0.2, 0.25) is 0 Å². The zero-order chi connectivity index (χ0) is 12.7. The van der Waals surface area contributed by atoms with E-state index in [0.29, 0.717) is 0 Å². The van der Waals surface area contributed by atoms with Crippen LogP contribution in [0.4, 0.5) is 5.82 Å². The van der Waals surface area contributed by atoms with Crippen LogP contribution >= 0.6 is 55.0 Å². The topological polar surface area (TPSA) is 37.8 Å². The van der Waals surface area contributed by atoms with Gasteiger partial charge < -0.3 is 5.32 Å². The molecule has 0 saturated heterocycles. The largest absolute Gasteiger partial charge is 0.373 e. The zero-order valence-corrected chi connectivity index (χ0v) is 14.3. The van der Waals surface area contributed by atoms with E-state index in [9.17, 15) is 0 Å². The minimum Gasteiger partial charge on any atom is -0.373 e. The van der Waals surface area contributed by atoms with E-state index in [1.807, 2.05) is 18.8 Å². The normalized spacial score (nSPS) is 13.7. The third kappa shape index (κ3) is 2.21. The molecule has 1 N–H and O–H groups in total. The van der Waals surface area contributed by atoms with Crippen molar-refractivity contribution < 1.29 is 0 Å². The van der Waals surface area contributed by atoms with Crippen LogP contribution in [-0.2, 0) is 11.5 Å². The monoisotopic (exact) mass is 405 g/mol. The number of thiophene rings is 1. The summed E-state index contributed by atoms with van der Waals surface area (Å²) < 4.78 is 2.12. The molecule has 0 saturated carbocycles. The highest BCUT2D eigenvalue weighted by Gasteiger charge is 2.20. The molecule has 1 aliphatic rings. The number of halogens is 2. The van der Waals surface area contributed by atoms with E-state index in [1.54, 1.807) is 11.3 Å². The maximum atomic E-state index is 4.68. The predicted molar refractivity (Wildman–Crippen MR) is 85.3 cm³/mol. The Morgan fingerprint density at radius 3 is 2.78 bits per heavy atom. The Hall–Kier alpha value is -0.110. The second-order valence-electron chi connectivity index (χ2n) is 3.80. The molecule has 3 nitrogen and oxygen atoms in total. The number of nitrogens with zero attached hydrogens (tertiary/aromatic N) is 2. The molecule has 0 aromatic carbocycles. The molecule has 94 valence electrons. The molecule has 0 atom stereocenters. The molecule has 0 spiro atoms. The summed E-state index contributed by atoms with van der Waals surface area (Å²) in [5.74, 6) is 3.74. The van der Waals surface area contributed by atoms with Crippen molar-refractivity contribution in [3.05, 3.63) is 25.6 Å². The Bertz CT molecular complexity index is 593. The summed E-state index contributed by atoms with van der Waals surface area (Å²) in [7, 11) is 1.91. The van der Waals surface area contributed by atoms with Gasteiger partial charge in [-0.2, -0.15) is 11.8 Å². The van der Waals surface area contributed by atoms with Gasteiger partial charge in [0.05, 0.1) is 14.4 Å². The van der Waals surface area contributed by atoms with Crippen molar-refractivity contribution in [3.63, 3.8) is 0 Å². The van der Waals surface area contributed by atoms with Crippen LogP contribution in [0, 0.1) is 0 Å². The molecule has 2 aromatic rings. The number of rotatable bonds is 2. The minimum atomic E-state index is 0.803. The van der Waals surface area contributed by atoms with Crippen LogP contribution in [0.3, 0.4) is 0 Å². The summed E-state index contributed by atoms with van der Waals surface area (Å²) in [5, 5.41) is 3.18. The molecular weight excluding hydrogens is 398 g/mol. The van der Waals surface area contributed by atoms with Crippen LogP contribution in [0.1, 0.15) is 11.3 Å².